The van der Waals surface area contributed by atoms with E-state index in [1.54, 1.807) is 18.3 Å². The SMILES string of the molecule is CN(Cc1nccn1C)c1ccc([N+](=O)[O-])c(OC(C)(C)C)c1. The lowest BCUT2D eigenvalue weighted by atomic mass is 10.1. The average Bonchev–Trinajstić information content (AvgIpc) is 2.82. The largest absolute Gasteiger partial charge is 0.481 e. The summed E-state index contributed by atoms with van der Waals surface area (Å²) in [6.07, 6.45) is 3.63. The van der Waals surface area contributed by atoms with Crippen LogP contribution in [0.5, 0.6) is 5.75 Å². The maximum atomic E-state index is 11.2. The molecule has 7 nitrogen and oxygen atoms in total. The van der Waals surface area contributed by atoms with Crippen LogP contribution in [0.3, 0.4) is 0 Å². The first-order chi connectivity index (χ1) is 10.7. The van der Waals surface area contributed by atoms with Gasteiger partial charge in [0.15, 0.2) is 5.75 Å². The van der Waals surface area contributed by atoms with Gasteiger partial charge in [0.1, 0.15) is 11.4 Å². The smallest absolute Gasteiger partial charge is 0.311 e. The van der Waals surface area contributed by atoms with E-state index in [1.165, 1.54) is 6.07 Å². The van der Waals surface area contributed by atoms with E-state index >= 15 is 0 Å². The van der Waals surface area contributed by atoms with Crippen LogP contribution < -0.4 is 9.64 Å². The number of nitro groups is 1. The third-order valence-corrected chi connectivity index (χ3v) is 3.30. The number of anilines is 1. The molecule has 0 N–H and O–H groups in total. The summed E-state index contributed by atoms with van der Waals surface area (Å²) in [6.45, 7) is 6.18. The van der Waals surface area contributed by atoms with Crippen LogP contribution >= 0.6 is 0 Å². The number of imidazole rings is 1. The number of nitro benzene ring substituents is 1. The molecule has 0 aliphatic carbocycles. The summed E-state index contributed by atoms with van der Waals surface area (Å²) >= 11 is 0. The van der Waals surface area contributed by atoms with E-state index in [1.807, 2.05) is 50.5 Å². The molecular formula is C16H22N4O3. The van der Waals surface area contributed by atoms with E-state index in [2.05, 4.69) is 4.98 Å². The molecule has 0 atom stereocenters. The standard InChI is InChI=1S/C16H22N4O3/c1-16(2,3)23-14-10-12(6-7-13(14)20(21)22)19(5)11-15-17-8-9-18(15)4/h6-10H,11H2,1-5H3. The fraction of sp³-hybridized carbons (Fsp3) is 0.438. The van der Waals surface area contributed by atoms with Crippen molar-refractivity contribution in [3.63, 3.8) is 0 Å². The Morgan fingerprint density at radius 2 is 2.09 bits per heavy atom. The Balaban J connectivity index is 2.30. The number of rotatable bonds is 5. The predicted molar refractivity (Wildman–Crippen MR) is 88.8 cm³/mol. The van der Waals surface area contributed by atoms with Crippen molar-refractivity contribution in [1.82, 2.24) is 9.55 Å². The van der Waals surface area contributed by atoms with E-state index in [4.69, 9.17) is 4.74 Å². The molecule has 1 heterocycles. The van der Waals surface area contributed by atoms with Crippen LogP contribution in [-0.2, 0) is 13.6 Å². The normalized spacial score (nSPS) is 11.3. The highest BCUT2D eigenvalue weighted by molar-refractivity contribution is 5.59. The number of benzene rings is 1. The van der Waals surface area contributed by atoms with Gasteiger partial charge in [-0.15, -0.1) is 0 Å². The summed E-state index contributed by atoms with van der Waals surface area (Å²) in [4.78, 5) is 17.0. The molecule has 23 heavy (non-hydrogen) atoms. The van der Waals surface area contributed by atoms with Gasteiger partial charge in [0.05, 0.1) is 11.5 Å². The maximum Gasteiger partial charge on any atom is 0.311 e. The van der Waals surface area contributed by atoms with E-state index < -0.39 is 10.5 Å². The van der Waals surface area contributed by atoms with Crippen molar-refractivity contribution in [3.05, 3.63) is 46.5 Å². The molecule has 0 aliphatic rings. The molecule has 0 saturated heterocycles. The van der Waals surface area contributed by atoms with Gasteiger partial charge >= 0.3 is 5.69 Å². The summed E-state index contributed by atoms with van der Waals surface area (Å²) in [5, 5.41) is 11.2. The van der Waals surface area contributed by atoms with Crippen LogP contribution in [0.4, 0.5) is 11.4 Å². The monoisotopic (exact) mass is 318 g/mol. The van der Waals surface area contributed by atoms with Gasteiger partial charge in [-0.1, -0.05) is 0 Å². The highest BCUT2D eigenvalue weighted by atomic mass is 16.6. The molecule has 0 fully saturated rings. The van der Waals surface area contributed by atoms with Crippen LogP contribution in [0.2, 0.25) is 0 Å². The number of nitrogens with zero attached hydrogens (tertiary/aromatic N) is 4. The molecule has 2 rings (SSSR count). The summed E-state index contributed by atoms with van der Waals surface area (Å²) in [5.41, 5.74) is 0.286. The first-order valence-electron chi connectivity index (χ1n) is 7.32. The second-order valence-corrected chi connectivity index (χ2v) is 6.43. The second-order valence-electron chi connectivity index (χ2n) is 6.43. The Morgan fingerprint density at radius 1 is 1.39 bits per heavy atom. The maximum absolute atomic E-state index is 11.2. The molecule has 0 spiro atoms. The molecule has 0 saturated carbocycles. The third-order valence-electron chi connectivity index (χ3n) is 3.30. The first-order valence-corrected chi connectivity index (χ1v) is 7.32. The van der Waals surface area contributed by atoms with Gasteiger partial charge in [-0.05, 0) is 26.8 Å². The van der Waals surface area contributed by atoms with E-state index in [0.29, 0.717) is 6.54 Å². The second kappa shape index (κ2) is 6.28. The Hall–Kier alpha value is -2.57. The fourth-order valence-corrected chi connectivity index (χ4v) is 2.15. The highest BCUT2D eigenvalue weighted by Gasteiger charge is 2.22. The van der Waals surface area contributed by atoms with Gasteiger partial charge in [-0.2, -0.15) is 0 Å². The molecule has 2 aromatic rings. The number of hydrogen-bond donors (Lipinski definition) is 0. The molecule has 1 aromatic carbocycles. The third kappa shape index (κ3) is 4.21. The zero-order chi connectivity index (χ0) is 17.2. The van der Waals surface area contributed by atoms with Crippen molar-refractivity contribution in [2.75, 3.05) is 11.9 Å². The predicted octanol–water partition coefficient (Wildman–Crippen LogP) is 3.14. The molecule has 0 amide bonds. The van der Waals surface area contributed by atoms with Crippen molar-refractivity contribution < 1.29 is 9.66 Å². The Labute approximate surface area is 135 Å². The molecule has 1 aromatic heterocycles. The van der Waals surface area contributed by atoms with Gasteiger partial charge in [-0.25, -0.2) is 4.98 Å². The number of hydrogen-bond acceptors (Lipinski definition) is 5. The van der Waals surface area contributed by atoms with E-state index in [0.717, 1.165) is 11.5 Å². The summed E-state index contributed by atoms with van der Waals surface area (Å²) < 4.78 is 7.69. The van der Waals surface area contributed by atoms with Gasteiger partial charge < -0.3 is 14.2 Å². The summed E-state index contributed by atoms with van der Waals surface area (Å²) in [6, 6.07) is 4.90. The molecule has 0 aliphatic heterocycles. The van der Waals surface area contributed by atoms with Crippen molar-refractivity contribution in [3.8, 4) is 5.75 Å². The minimum atomic E-state index is -0.512. The zero-order valence-electron chi connectivity index (χ0n) is 14.1. The lowest BCUT2D eigenvalue weighted by Crippen LogP contribution is -2.24. The Bertz CT molecular complexity index is 704. The van der Waals surface area contributed by atoms with Crippen molar-refractivity contribution >= 4 is 11.4 Å². The minimum absolute atomic E-state index is 0.0333. The van der Waals surface area contributed by atoms with Crippen molar-refractivity contribution in [2.45, 2.75) is 32.9 Å². The van der Waals surface area contributed by atoms with Gasteiger partial charge in [0.2, 0.25) is 0 Å². The molecule has 0 unspecified atom stereocenters. The van der Waals surface area contributed by atoms with Crippen LogP contribution in [0.1, 0.15) is 26.6 Å². The van der Waals surface area contributed by atoms with Gasteiger partial charge in [0, 0.05) is 44.3 Å². The Morgan fingerprint density at radius 3 is 2.61 bits per heavy atom. The molecule has 0 radical (unpaired) electrons. The van der Waals surface area contributed by atoms with Crippen LogP contribution in [0.25, 0.3) is 0 Å². The van der Waals surface area contributed by atoms with Gasteiger partial charge in [0.25, 0.3) is 0 Å². The van der Waals surface area contributed by atoms with E-state index in [9.17, 15) is 10.1 Å². The average molecular weight is 318 g/mol. The highest BCUT2D eigenvalue weighted by Crippen LogP contribution is 2.34. The lowest BCUT2D eigenvalue weighted by molar-refractivity contribution is -0.386. The van der Waals surface area contributed by atoms with Crippen molar-refractivity contribution in [2.24, 2.45) is 7.05 Å². The fourth-order valence-electron chi connectivity index (χ4n) is 2.15. The topological polar surface area (TPSA) is 73.4 Å². The summed E-state index contributed by atoms with van der Waals surface area (Å²) in [7, 11) is 3.84. The molecular weight excluding hydrogens is 296 g/mol. The number of aromatic nitrogens is 2. The lowest BCUT2D eigenvalue weighted by Gasteiger charge is -2.23. The van der Waals surface area contributed by atoms with Gasteiger partial charge in [-0.3, -0.25) is 10.1 Å². The first kappa shape index (κ1) is 16.8. The van der Waals surface area contributed by atoms with Crippen LogP contribution in [-0.4, -0.2) is 27.1 Å². The van der Waals surface area contributed by atoms with Crippen LogP contribution in [0.15, 0.2) is 30.6 Å². The summed E-state index contributed by atoms with van der Waals surface area (Å²) in [5.74, 6) is 1.18. The molecule has 7 heteroatoms. The van der Waals surface area contributed by atoms with E-state index in [-0.39, 0.29) is 11.4 Å². The molecule has 124 valence electrons. The van der Waals surface area contributed by atoms with Crippen LogP contribution in [0, 0.1) is 10.1 Å². The number of aryl methyl sites for hydroxylation is 1. The Kier molecular flexibility index (Phi) is 4.58. The quantitative estimate of drug-likeness (QED) is 0.625. The zero-order valence-corrected chi connectivity index (χ0v) is 14.1. The molecule has 0 bridgehead atoms. The van der Waals surface area contributed by atoms with Crippen molar-refractivity contribution in [1.29, 1.82) is 0 Å². The number of ether oxygens (including phenoxy) is 1. The minimum Gasteiger partial charge on any atom is -0.481 e.